The third-order valence-corrected chi connectivity index (χ3v) is 1.79. The molecule has 1 aromatic heterocycles. The number of nitrogens with two attached hydrogens (primary N) is 1. The van der Waals surface area contributed by atoms with Crippen LogP contribution in [-0.4, -0.2) is 17.1 Å². The lowest BCUT2D eigenvalue weighted by Crippen LogP contribution is -2.25. The molecule has 0 aliphatic rings. The predicted octanol–water partition coefficient (Wildman–Crippen LogP) is 0.543. The van der Waals surface area contributed by atoms with Crippen LogP contribution in [0.4, 0.5) is 0 Å². The van der Waals surface area contributed by atoms with E-state index >= 15 is 0 Å². The maximum Gasteiger partial charge on any atom is 0.239 e. The summed E-state index contributed by atoms with van der Waals surface area (Å²) < 4.78 is 1.63. The van der Waals surface area contributed by atoms with E-state index in [-0.39, 0.29) is 11.8 Å². The minimum absolute atomic E-state index is 0.00542. The Morgan fingerprint density at radius 3 is 2.69 bits per heavy atom. The number of amides is 1. The molecule has 0 aromatic carbocycles. The van der Waals surface area contributed by atoms with Gasteiger partial charge >= 0.3 is 0 Å². The highest BCUT2D eigenvalue weighted by atomic mass is 16.2. The van der Waals surface area contributed by atoms with E-state index in [0.29, 0.717) is 13.0 Å². The first-order valence-corrected chi connectivity index (χ1v) is 4.35. The minimum Gasteiger partial charge on any atom is -0.330 e. The first kappa shape index (κ1) is 9.80. The van der Waals surface area contributed by atoms with Crippen LogP contribution in [0, 0.1) is 5.92 Å². The summed E-state index contributed by atoms with van der Waals surface area (Å²) in [6.07, 6.45) is 4.03. The number of hydrogen-bond donors (Lipinski definition) is 2. The summed E-state index contributed by atoms with van der Waals surface area (Å²) in [5.41, 5.74) is 8.12. The van der Waals surface area contributed by atoms with Crippen LogP contribution in [0.15, 0.2) is 24.5 Å². The molecule has 0 aliphatic carbocycles. The van der Waals surface area contributed by atoms with Crippen LogP contribution < -0.4 is 11.2 Å². The minimum atomic E-state index is -0.00542. The second kappa shape index (κ2) is 4.67. The Morgan fingerprint density at radius 2 is 2.15 bits per heavy atom. The molecule has 0 saturated carbocycles. The van der Waals surface area contributed by atoms with E-state index in [4.69, 9.17) is 5.73 Å². The molecule has 1 atom stereocenters. The van der Waals surface area contributed by atoms with Crippen LogP contribution in [0.25, 0.3) is 0 Å². The fourth-order valence-electron chi connectivity index (χ4n) is 0.999. The molecule has 1 unspecified atom stereocenters. The van der Waals surface area contributed by atoms with Crippen LogP contribution in [0.5, 0.6) is 0 Å². The zero-order chi connectivity index (χ0) is 9.68. The fourth-order valence-corrected chi connectivity index (χ4v) is 0.999. The van der Waals surface area contributed by atoms with E-state index in [2.05, 4.69) is 5.43 Å². The molecule has 13 heavy (non-hydrogen) atoms. The number of rotatable bonds is 4. The molecule has 1 rings (SSSR count). The average Bonchev–Trinajstić information content (AvgIpc) is 2.56. The Labute approximate surface area is 77.7 Å². The Balaban J connectivity index is 2.34. The van der Waals surface area contributed by atoms with Crippen LogP contribution in [0.3, 0.4) is 0 Å². The standard InChI is InChI=1S/C9H15N3O/c1-8(7-10)6-9(13)11-12-4-2-3-5-12/h2-5,8H,6-7,10H2,1H3,(H,11,13). The fraction of sp³-hybridized carbons (Fsp3) is 0.444. The summed E-state index contributed by atoms with van der Waals surface area (Å²) >= 11 is 0. The summed E-state index contributed by atoms with van der Waals surface area (Å²) in [7, 11) is 0. The number of carbonyl (C=O) groups excluding carboxylic acids is 1. The second-order valence-electron chi connectivity index (χ2n) is 3.17. The molecule has 0 aliphatic heterocycles. The van der Waals surface area contributed by atoms with Crippen molar-refractivity contribution in [3.05, 3.63) is 24.5 Å². The zero-order valence-electron chi connectivity index (χ0n) is 7.73. The van der Waals surface area contributed by atoms with Gasteiger partial charge < -0.3 is 5.73 Å². The number of nitrogens with one attached hydrogen (secondary N) is 1. The first-order chi connectivity index (χ1) is 6.22. The van der Waals surface area contributed by atoms with Crippen molar-refractivity contribution in [1.29, 1.82) is 0 Å². The van der Waals surface area contributed by atoms with Crippen LogP contribution in [0.2, 0.25) is 0 Å². The third kappa shape index (κ3) is 3.29. The van der Waals surface area contributed by atoms with Gasteiger partial charge in [0.25, 0.3) is 0 Å². The summed E-state index contributed by atoms with van der Waals surface area (Å²) in [6.45, 7) is 2.49. The number of aromatic nitrogens is 1. The Kier molecular flexibility index (Phi) is 3.52. The molecule has 0 fully saturated rings. The summed E-state index contributed by atoms with van der Waals surface area (Å²) in [4.78, 5) is 11.3. The maximum absolute atomic E-state index is 11.3. The van der Waals surface area contributed by atoms with Gasteiger partial charge in [0, 0.05) is 18.8 Å². The van der Waals surface area contributed by atoms with Crippen molar-refractivity contribution in [2.45, 2.75) is 13.3 Å². The van der Waals surface area contributed by atoms with Gasteiger partial charge in [-0.2, -0.15) is 0 Å². The summed E-state index contributed by atoms with van der Waals surface area (Å²) in [6, 6.07) is 3.71. The molecular weight excluding hydrogens is 166 g/mol. The molecule has 3 N–H and O–H groups in total. The molecular formula is C9H15N3O. The van der Waals surface area contributed by atoms with Gasteiger partial charge in [-0.1, -0.05) is 6.92 Å². The van der Waals surface area contributed by atoms with Crippen LogP contribution in [0.1, 0.15) is 13.3 Å². The molecule has 1 heterocycles. The van der Waals surface area contributed by atoms with E-state index in [1.165, 1.54) is 0 Å². The van der Waals surface area contributed by atoms with Crippen LogP contribution >= 0.6 is 0 Å². The van der Waals surface area contributed by atoms with Gasteiger partial charge in [-0.3, -0.25) is 14.9 Å². The second-order valence-corrected chi connectivity index (χ2v) is 3.17. The van der Waals surface area contributed by atoms with Crippen LogP contribution in [-0.2, 0) is 4.79 Å². The van der Waals surface area contributed by atoms with Gasteiger partial charge in [0.15, 0.2) is 0 Å². The van der Waals surface area contributed by atoms with Crippen molar-refractivity contribution in [2.24, 2.45) is 11.7 Å². The normalized spacial score (nSPS) is 12.5. The number of carbonyl (C=O) groups is 1. The van der Waals surface area contributed by atoms with Crippen molar-refractivity contribution in [3.8, 4) is 0 Å². The Bertz CT molecular complexity index is 256. The van der Waals surface area contributed by atoms with E-state index in [0.717, 1.165) is 0 Å². The lowest BCUT2D eigenvalue weighted by atomic mass is 10.1. The van der Waals surface area contributed by atoms with E-state index in [1.807, 2.05) is 19.1 Å². The van der Waals surface area contributed by atoms with Gasteiger partial charge in [-0.25, -0.2) is 0 Å². The molecule has 0 bridgehead atoms. The Hall–Kier alpha value is -1.29. The zero-order valence-corrected chi connectivity index (χ0v) is 7.73. The van der Waals surface area contributed by atoms with Crippen molar-refractivity contribution >= 4 is 5.91 Å². The lowest BCUT2D eigenvalue weighted by molar-refractivity contribution is -0.117. The van der Waals surface area contributed by atoms with Crippen molar-refractivity contribution in [2.75, 3.05) is 12.0 Å². The maximum atomic E-state index is 11.3. The number of nitrogens with zero attached hydrogens (tertiary/aromatic N) is 1. The monoisotopic (exact) mass is 181 g/mol. The van der Waals surface area contributed by atoms with Gasteiger partial charge in [-0.15, -0.1) is 0 Å². The molecule has 0 saturated heterocycles. The molecule has 1 amide bonds. The van der Waals surface area contributed by atoms with Gasteiger partial charge in [0.1, 0.15) is 0 Å². The first-order valence-electron chi connectivity index (χ1n) is 4.35. The van der Waals surface area contributed by atoms with Gasteiger partial charge in [0.05, 0.1) is 0 Å². The molecule has 1 aromatic rings. The number of hydrogen-bond acceptors (Lipinski definition) is 2. The predicted molar refractivity (Wildman–Crippen MR) is 51.6 cm³/mol. The molecule has 4 nitrogen and oxygen atoms in total. The third-order valence-electron chi connectivity index (χ3n) is 1.79. The van der Waals surface area contributed by atoms with Crippen molar-refractivity contribution in [3.63, 3.8) is 0 Å². The molecule has 0 spiro atoms. The quantitative estimate of drug-likeness (QED) is 0.712. The highest BCUT2D eigenvalue weighted by Crippen LogP contribution is 1.98. The highest BCUT2D eigenvalue weighted by Gasteiger charge is 2.06. The van der Waals surface area contributed by atoms with E-state index in [1.54, 1.807) is 17.1 Å². The molecule has 4 heteroatoms. The van der Waals surface area contributed by atoms with Gasteiger partial charge in [0.2, 0.25) is 5.91 Å². The Morgan fingerprint density at radius 1 is 1.54 bits per heavy atom. The smallest absolute Gasteiger partial charge is 0.239 e. The molecule has 0 radical (unpaired) electrons. The largest absolute Gasteiger partial charge is 0.330 e. The topological polar surface area (TPSA) is 60.1 Å². The SMILES string of the molecule is CC(CN)CC(=O)Nn1cccc1. The average molecular weight is 181 g/mol. The van der Waals surface area contributed by atoms with Gasteiger partial charge in [-0.05, 0) is 24.6 Å². The molecule has 72 valence electrons. The van der Waals surface area contributed by atoms with E-state index < -0.39 is 0 Å². The highest BCUT2D eigenvalue weighted by molar-refractivity contribution is 5.83. The van der Waals surface area contributed by atoms with Crippen molar-refractivity contribution < 1.29 is 4.79 Å². The summed E-state index contributed by atoms with van der Waals surface area (Å²) in [5, 5.41) is 0. The van der Waals surface area contributed by atoms with E-state index in [9.17, 15) is 4.79 Å². The van der Waals surface area contributed by atoms with Crippen molar-refractivity contribution in [1.82, 2.24) is 4.68 Å². The summed E-state index contributed by atoms with van der Waals surface area (Å²) in [5.74, 6) is 0.227. The lowest BCUT2D eigenvalue weighted by Gasteiger charge is -2.09.